The van der Waals surface area contributed by atoms with Crippen molar-refractivity contribution in [1.82, 2.24) is 14.4 Å². The maximum Gasteiger partial charge on any atom is 0.345 e. The number of rotatable bonds is 6. The maximum absolute atomic E-state index is 13.9. The molecule has 196 valence electrons. The molecule has 0 bridgehead atoms. The van der Waals surface area contributed by atoms with Crippen LogP contribution < -0.4 is 0 Å². The molecule has 0 radical (unpaired) electrons. The van der Waals surface area contributed by atoms with Crippen LogP contribution in [-0.4, -0.2) is 63.6 Å². The topological polar surface area (TPSA) is 65.8 Å². The van der Waals surface area contributed by atoms with Crippen LogP contribution in [0, 0.1) is 5.82 Å². The second-order valence-electron chi connectivity index (χ2n) is 10.2. The molecule has 0 spiro atoms. The van der Waals surface area contributed by atoms with Crippen molar-refractivity contribution in [3.8, 4) is 22.4 Å². The molecule has 38 heavy (non-hydrogen) atoms. The lowest BCUT2D eigenvalue weighted by atomic mass is 10.0. The first-order valence-electron chi connectivity index (χ1n) is 13.2. The average molecular weight is 532 g/mol. The summed E-state index contributed by atoms with van der Waals surface area (Å²) in [6, 6.07) is 18.3. The zero-order chi connectivity index (χ0) is 26.2. The van der Waals surface area contributed by atoms with Gasteiger partial charge in [-0.05, 0) is 80.2 Å². The maximum atomic E-state index is 13.9. The van der Waals surface area contributed by atoms with Crippen LogP contribution in [-0.2, 0) is 11.3 Å². The van der Waals surface area contributed by atoms with E-state index < -0.39 is 5.97 Å². The van der Waals surface area contributed by atoms with Crippen LogP contribution in [0.15, 0.2) is 60.7 Å². The van der Waals surface area contributed by atoms with Gasteiger partial charge in [0.25, 0.3) is 0 Å². The molecule has 4 aromatic rings. The highest BCUT2D eigenvalue weighted by Crippen LogP contribution is 2.44. The fourth-order valence-electron chi connectivity index (χ4n) is 6.00. The van der Waals surface area contributed by atoms with Gasteiger partial charge in [-0.2, -0.15) is 0 Å². The van der Waals surface area contributed by atoms with E-state index >= 15 is 0 Å². The van der Waals surface area contributed by atoms with Gasteiger partial charge in [-0.1, -0.05) is 30.3 Å². The SMILES string of the molecule is O=C(O)c1cc2c(s1)c(-c1ccccc1)c(-c1ccc(F)cc1)n2CC(=O)N1CCC(N2CCCC2)CC1. The van der Waals surface area contributed by atoms with Crippen LogP contribution in [0.2, 0.25) is 0 Å². The minimum Gasteiger partial charge on any atom is -0.477 e. The number of amides is 1. The van der Waals surface area contributed by atoms with E-state index in [4.69, 9.17) is 0 Å². The van der Waals surface area contributed by atoms with E-state index in [9.17, 15) is 19.1 Å². The Morgan fingerprint density at radius 3 is 2.26 bits per heavy atom. The number of aromatic nitrogens is 1. The Bertz CT molecular complexity index is 1460. The third-order valence-electron chi connectivity index (χ3n) is 7.90. The standard InChI is InChI=1S/C30H30FN3O3S/c31-22-10-8-21(9-11-22)28-27(20-6-2-1-3-7-20)29-24(18-25(38-29)30(36)37)34(28)19-26(35)33-16-12-23(13-17-33)32-14-4-5-15-32/h1-3,6-11,18,23H,4-5,12-17,19H2,(H,36,37). The number of aromatic carboxylic acids is 1. The van der Waals surface area contributed by atoms with Crippen molar-refractivity contribution in [1.29, 1.82) is 0 Å². The number of benzene rings is 2. The van der Waals surface area contributed by atoms with Gasteiger partial charge in [0.05, 0.1) is 15.9 Å². The van der Waals surface area contributed by atoms with Gasteiger partial charge in [-0.3, -0.25) is 4.79 Å². The van der Waals surface area contributed by atoms with E-state index in [0.717, 1.165) is 66.1 Å². The van der Waals surface area contributed by atoms with Crippen LogP contribution in [0.3, 0.4) is 0 Å². The Morgan fingerprint density at radius 1 is 0.921 bits per heavy atom. The molecule has 0 atom stereocenters. The largest absolute Gasteiger partial charge is 0.477 e. The van der Waals surface area contributed by atoms with Crippen molar-refractivity contribution >= 4 is 33.4 Å². The number of hydrogen-bond donors (Lipinski definition) is 1. The quantitative estimate of drug-likeness (QED) is 0.333. The number of likely N-dealkylation sites (tertiary alicyclic amines) is 2. The lowest BCUT2D eigenvalue weighted by molar-refractivity contribution is -0.133. The molecule has 2 aromatic heterocycles. The van der Waals surface area contributed by atoms with Gasteiger partial charge in [0, 0.05) is 24.7 Å². The van der Waals surface area contributed by atoms with Gasteiger partial charge >= 0.3 is 5.97 Å². The van der Waals surface area contributed by atoms with E-state index in [1.807, 2.05) is 39.8 Å². The summed E-state index contributed by atoms with van der Waals surface area (Å²) in [4.78, 5) is 30.3. The van der Waals surface area contributed by atoms with E-state index in [1.54, 1.807) is 18.2 Å². The molecule has 2 saturated heterocycles. The van der Waals surface area contributed by atoms with Crippen molar-refractivity contribution in [3.05, 3.63) is 71.4 Å². The summed E-state index contributed by atoms with van der Waals surface area (Å²) in [6.07, 6.45) is 4.48. The van der Waals surface area contributed by atoms with Gasteiger partial charge in [0.2, 0.25) is 5.91 Å². The van der Waals surface area contributed by atoms with Crippen LogP contribution in [0.25, 0.3) is 32.6 Å². The molecule has 2 aromatic carbocycles. The van der Waals surface area contributed by atoms with Crippen molar-refractivity contribution in [2.45, 2.75) is 38.3 Å². The molecular weight excluding hydrogens is 501 g/mol. The van der Waals surface area contributed by atoms with E-state index in [-0.39, 0.29) is 23.1 Å². The summed E-state index contributed by atoms with van der Waals surface area (Å²) >= 11 is 1.21. The summed E-state index contributed by atoms with van der Waals surface area (Å²) in [5.41, 5.74) is 4.09. The lowest BCUT2D eigenvalue weighted by Crippen LogP contribution is -2.46. The molecule has 0 aliphatic carbocycles. The summed E-state index contributed by atoms with van der Waals surface area (Å²) in [6.45, 7) is 3.87. The first kappa shape index (κ1) is 24.8. The molecule has 6 rings (SSSR count). The number of piperidine rings is 1. The molecule has 2 aliphatic rings. The fourth-order valence-corrected chi connectivity index (χ4v) is 7.06. The smallest absolute Gasteiger partial charge is 0.345 e. The van der Waals surface area contributed by atoms with Crippen LogP contribution in [0.4, 0.5) is 4.39 Å². The summed E-state index contributed by atoms with van der Waals surface area (Å²) in [7, 11) is 0. The molecule has 4 heterocycles. The van der Waals surface area contributed by atoms with Crippen molar-refractivity contribution in [2.75, 3.05) is 26.2 Å². The van der Waals surface area contributed by atoms with Gasteiger partial charge < -0.3 is 19.5 Å². The van der Waals surface area contributed by atoms with Crippen LogP contribution in [0.1, 0.15) is 35.4 Å². The Morgan fingerprint density at radius 2 is 1.61 bits per heavy atom. The fraction of sp³-hybridized carbons (Fsp3) is 0.333. The first-order chi connectivity index (χ1) is 18.5. The molecule has 6 nitrogen and oxygen atoms in total. The van der Waals surface area contributed by atoms with E-state index in [0.29, 0.717) is 11.6 Å². The molecule has 2 fully saturated rings. The predicted molar refractivity (Wildman–Crippen MR) is 148 cm³/mol. The normalized spacial score (nSPS) is 16.9. The Hall–Kier alpha value is -3.49. The molecule has 8 heteroatoms. The monoisotopic (exact) mass is 531 g/mol. The summed E-state index contributed by atoms with van der Waals surface area (Å²) in [5.74, 6) is -1.30. The summed E-state index contributed by atoms with van der Waals surface area (Å²) < 4.78 is 16.6. The van der Waals surface area contributed by atoms with Crippen LogP contribution in [0.5, 0.6) is 0 Å². The Labute approximate surface area is 224 Å². The molecule has 2 aliphatic heterocycles. The third-order valence-corrected chi connectivity index (χ3v) is 9.03. The van der Waals surface area contributed by atoms with Crippen molar-refractivity contribution < 1.29 is 19.1 Å². The number of carboxylic acids is 1. The van der Waals surface area contributed by atoms with Crippen molar-refractivity contribution in [3.63, 3.8) is 0 Å². The molecule has 1 N–H and O–H groups in total. The number of carbonyl (C=O) groups excluding carboxylic acids is 1. The van der Waals surface area contributed by atoms with E-state index in [1.165, 1.54) is 36.3 Å². The highest BCUT2D eigenvalue weighted by Gasteiger charge is 2.30. The lowest BCUT2D eigenvalue weighted by Gasteiger charge is -2.36. The number of hydrogen-bond acceptors (Lipinski definition) is 4. The highest BCUT2D eigenvalue weighted by atomic mass is 32.1. The van der Waals surface area contributed by atoms with Gasteiger partial charge in [-0.15, -0.1) is 11.3 Å². The van der Waals surface area contributed by atoms with Crippen LogP contribution >= 0.6 is 11.3 Å². The van der Waals surface area contributed by atoms with Crippen molar-refractivity contribution in [2.24, 2.45) is 0 Å². The molecule has 0 unspecified atom stereocenters. The number of carbonyl (C=O) groups is 2. The zero-order valence-corrected chi connectivity index (χ0v) is 21.9. The number of thiophene rings is 1. The van der Waals surface area contributed by atoms with E-state index in [2.05, 4.69) is 4.90 Å². The van der Waals surface area contributed by atoms with Gasteiger partial charge in [0.15, 0.2) is 0 Å². The third kappa shape index (κ3) is 4.63. The number of halogens is 1. The minimum atomic E-state index is -0.990. The number of fused-ring (bicyclic) bond motifs is 1. The zero-order valence-electron chi connectivity index (χ0n) is 21.1. The molecular formula is C30H30FN3O3S. The Balaban J connectivity index is 1.41. The average Bonchev–Trinajstić information content (AvgIpc) is 3.68. The predicted octanol–water partition coefficient (Wildman–Crippen LogP) is 5.96. The second-order valence-corrected chi connectivity index (χ2v) is 11.2. The molecule has 1 amide bonds. The number of nitrogens with zero attached hydrogens (tertiary/aromatic N) is 3. The summed E-state index contributed by atoms with van der Waals surface area (Å²) in [5, 5.41) is 9.75. The molecule has 0 saturated carbocycles. The first-order valence-corrected chi connectivity index (χ1v) is 14.0. The highest BCUT2D eigenvalue weighted by molar-refractivity contribution is 7.21. The Kier molecular flexibility index (Phi) is 6.76. The number of carboxylic acid groups (broad SMARTS) is 1. The van der Waals surface area contributed by atoms with Gasteiger partial charge in [0.1, 0.15) is 17.2 Å². The minimum absolute atomic E-state index is 0.0211. The second kappa shape index (κ2) is 10.3. The van der Waals surface area contributed by atoms with Gasteiger partial charge in [-0.25, -0.2) is 9.18 Å².